The van der Waals surface area contributed by atoms with Gasteiger partial charge in [-0.25, -0.2) is 0 Å². The van der Waals surface area contributed by atoms with Gasteiger partial charge in [0.05, 0.1) is 19.6 Å². The molecule has 1 saturated heterocycles. The van der Waals surface area contributed by atoms with Crippen molar-refractivity contribution in [2.45, 2.75) is 18.6 Å². The van der Waals surface area contributed by atoms with E-state index in [1.165, 1.54) is 0 Å². The Balaban J connectivity index is 2.08. The number of carbonyl (C=O) groups excluding carboxylic acids is 1. The van der Waals surface area contributed by atoms with Gasteiger partial charge in [0, 0.05) is 31.8 Å². The smallest absolute Gasteiger partial charge is 0.220 e. The van der Waals surface area contributed by atoms with E-state index in [2.05, 4.69) is 4.90 Å². The predicted octanol–water partition coefficient (Wildman–Crippen LogP) is 1.43. The van der Waals surface area contributed by atoms with Crippen molar-refractivity contribution in [3.63, 3.8) is 0 Å². The normalized spacial score (nSPS) is 23.1. The van der Waals surface area contributed by atoms with Gasteiger partial charge in [0.25, 0.3) is 0 Å². The monoisotopic (exact) mass is 312 g/mol. The average molecular weight is 313 g/mol. The molecule has 1 atom stereocenters. The number of primary amides is 1. The lowest BCUT2D eigenvalue weighted by Crippen LogP contribution is -2.55. The van der Waals surface area contributed by atoms with E-state index in [-0.39, 0.29) is 12.3 Å². The quantitative estimate of drug-likeness (QED) is 0.863. The van der Waals surface area contributed by atoms with Crippen LogP contribution in [0.5, 0.6) is 0 Å². The summed E-state index contributed by atoms with van der Waals surface area (Å²) in [6, 6.07) is 7.76. The van der Waals surface area contributed by atoms with Crippen molar-refractivity contribution in [2.75, 3.05) is 33.4 Å². The number of methoxy groups -OCH3 is 1. The van der Waals surface area contributed by atoms with Crippen LogP contribution in [0.1, 0.15) is 12.0 Å². The first kappa shape index (κ1) is 16.2. The molecule has 0 saturated carbocycles. The molecule has 1 amide bonds. The SMILES string of the molecule is COC[C@]1(CC(N)=O)CN(Cc2ccccc2Cl)CCO1. The number of amides is 1. The molecule has 0 unspecified atom stereocenters. The number of morpholine rings is 1. The van der Waals surface area contributed by atoms with Gasteiger partial charge in [0.1, 0.15) is 5.60 Å². The Bertz CT molecular complexity index is 494. The summed E-state index contributed by atoms with van der Waals surface area (Å²) < 4.78 is 11.0. The maximum absolute atomic E-state index is 11.3. The lowest BCUT2D eigenvalue weighted by atomic mass is 9.97. The summed E-state index contributed by atoms with van der Waals surface area (Å²) in [5, 5.41) is 0.747. The van der Waals surface area contributed by atoms with Gasteiger partial charge < -0.3 is 15.2 Å². The van der Waals surface area contributed by atoms with E-state index in [0.29, 0.717) is 26.3 Å². The van der Waals surface area contributed by atoms with Gasteiger partial charge in [-0.3, -0.25) is 9.69 Å². The highest BCUT2D eigenvalue weighted by Gasteiger charge is 2.38. The number of hydrogen-bond acceptors (Lipinski definition) is 4. The Hall–Kier alpha value is -1.14. The molecule has 1 aliphatic rings. The van der Waals surface area contributed by atoms with Crippen molar-refractivity contribution < 1.29 is 14.3 Å². The molecule has 116 valence electrons. The van der Waals surface area contributed by atoms with Gasteiger partial charge in [0.2, 0.25) is 5.91 Å². The molecule has 0 spiro atoms. The van der Waals surface area contributed by atoms with Crippen LogP contribution in [-0.4, -0.2) is 49.8 Å². The first-order valence-corrected chi connectivity index (χ1v) is 7.29. The summed E-state index contributed by atoms with van der Waals surface area (Å²) in [6.07, 6.45) is 0.153. The third-order valence-electron chi connectivity index (χ3n) is 3.58. The maximum atomic E-state index is 11.3. The number of carbonyl (C=O) groups is 1. The summed E-state index contributed by atoms with van der Waals surface area (Å²) >= 11 is 6.20. The Labute approximate surface area is 130 Å². The van der Waals surface area contributed by atoms with Crippen LogP contribution >= 0.6 is 11.6 Å². The number of ether oxygens (including phenoxy) is 2. The fourth-order valence-corrected chi connectivity index (χ4v) is 2.95. The second kappa shape index (κ2) is 7.22. The number of hydrogen-bond donors (Lipinski definition) is 1. The molecule has 1 fully saturated rings. The van der Waals surface area contributed by atoms with Crippen LogP contribution < -0.4 is 5.73 Å². The molecule has 5 nitrogen and oxygen atoms in total. The highest BCUT2D eigenvalue weighted by atomic mass is 35.5. The second-order valence-corrected chi connectivity index (χ2v) is 5.82. The molecule has 0 aromatic heterocycles. The van der Waals surface area contributed by atoms with Crippen LogP contribution in [0.2, 0.25) is 5.02 Å². The zero-order valence-corrected chi connectivity index (χ0v) is 12.9. The van der Waals surface area contributed by atoms with Crippen LogP contribution in [-0.2, 0) is 20.8 Å². The summed E-state index contributed by atoms with van der Waals surface area (Å²) in [6.45, 7) is 2.98. The lowest BCUT2D eigenvalue weighted by Gasteiger charge is -2.42. The van der Waals surface area contributed by atoms with E-state index in [1.807, 2.05) is 24.3 Å². The molecule has 0 bridgehead atoms. The molecule has 0 aliphatic carbocycles. The largest absolute Gasteiger partial charge is 0.382 e. The molecular formula is C15H21ClN2O3. The molecule has 1 aliphatic heterocycles. The lowest BCUT2D eigenvalue weighted by molar-refractivity contribution is -0.154. The predicted molar refractivity (Wildman–Crippen MR) is 81.1 cm³/mol. The topological polar surface area (TPSA) is 64.8 Å². The fourth-order valence-electron chi connectivity index (χ4n) is 2.75. The van der Waals surface area contributed by atoms with E-state index in [9.17, 15) is 4.79 Å². The number of benzene rings is 1. The van der Waals surface area contributed by atoms with Gasteiger partial charge in [-0.1, -0.05) is 29.8 Å². The third kappa shape index (κ3) is 4.41. The summed E-state index contributed by atoms with van der Waals surface area (Å²) in [5.41, 5.74) is 5.74. The minimum absolute atomic E-state index is 0.153. The summed E-state index contributed by atoms with van der Waals surface area (Å²) in [7, 11) is 1.60. The minimum atomic E-state index is -0.667. The van der Waals surface area contributed by atoms with E-state index in [0.717, 1.165) is 17.1 Å². The Morgan fingerprint density at radius 1 is 1.52 bits per heavy atom. The maximum Gasteiger partial charge on any atom is 0.220 e. The third-order valence-corrected chi connectivity index (χ3v) is 3.95. The van der Waals surface area contributed by atoms with Crippen LogP contribution in [0.15, 0.2) is 24.3 Å². The van der Waals surface area contributed by atoms with Crippen molar-refractivity contribution in [3.05, 3.63) is 34.9 Å². The average Bonchev–Trinajstić information content (AvgIpc) is 2.41. The Morgan fingerprint density at radius 3 is 2.95 bits per heavy atom. The zero-order chi connectivity index (χ0) is 15.3. The molecule has 1 heterocycles. The Kier molecular flexibility index (Phi) is 5.58. The van der Waals surface area contributed by atoms with E-state index < -0.39 is 5.60 Å². The number of halogens is 1. The molecule has 0 radical (unpaired) electrons. The van der Waals surface area contributed by atoms with E-state index in [4.69, 9.17) is 26.8 Å². The number of rotatable bonds is 6. The second-order valence-electron chi connectivity index (χ2n) is 5.41. The van der Waals surface area contributed by atoms with Gasteiger partial charge in [-0.05, 0) is 11.6 Å². The van der Waals surface area contributed by atoms with Crippen molar-refractivity contribution in [1.29, 1.82) is 0 Å². The minimum Gasteiger partial charge on any atom is -0.382 e. The first-order chi connectivity index (χ1) is 10.0. The molecule has 2 N–H and O–H groups in total. The number of nitrogens with two attached hydrogens (primary N) is 1. The van der Waals surface area contributed by atoms with E-state index in [1.54, 1.807) is 7.11 Å². The van der Waals surface area contributed by atoms with E-state index >= 15 is 0 Å². The molecule has 21 heavy (non-hydrogen) atoms. The van der Waals surface area contributed by atoms with Crippen molar-refractivity contribution in [3.8, 4) is 0 Å². The van der Waals surface area contributed by atoms with Crippen LogP contribution in [0, 0.1) is 0 Å². The zero-order valence-electron chi connectivity index (χ0n) is 12.2. The fraction of sp³-hybridized carbons (Fsp3) is 0.533. The molecule has 1 aromatic carbocycles. The van der Waals surface area contributed by atoms with Crippen molar-refractivity contribution in [2.24, 2.45) is 5.73 Å². The van der Waals surface area contributed by atoms with Gasteiger partial charge in [-0.2, -0.15) is 0 Å². The molecule has 6 heteroatoms. The van der Waals surface area contributed by atoms with Gasteiger partial charge >= 0.3 is 0 Å². The summed E-state index contributed by atoms with van der Waals surface area (Å²) in [4.78, 5) is 13.5. The number of nitrogens with zero attached hydrogens (tertiary/aromatic N) is 1. The molecule has 1 aromatic rings. The van der Waals surface area contributed by atoms with Crippen LogP contribution in [0.4, 0.5) is 0 Å². The first-order valence-electron chi connectivity index (χ1n) is 6.92. The van der Waals surface area contributed by atoms with Gasteiger partial charge in [0.15, 0.2) is 0 Å². The molecular weight excluding hydrogens is 292 g/mol. The van der Waals surface area contributed by atoms with Crippen molar-refractivity contribution in [1.82, 2.24) is 4.90 Å². The molecule has 2 rings (SSSR count). The standard InChI is InChI=1S/C15H21ClN2O3/c1-20-11-15(8-14(17)19)10-18(6-7-21-15)9-12-4-2-3-5-13(12)16/h2-5H,6-11H2,1H3,(H2,17,19)/t15-/m0/s1. The van der Waals surface area contributed by atoms with Crippen LogP contribution in [0.25, 0.3) is 0 Å². The summed E-state index contributed by atoms with van der Waals surface area (Å²) in [5.74, 6) is -0.383. The van der Waals surface area contributed by atoms with Gasteiger partial charge in [-0.15, -0.1) is 0 Å². The highest BCUT2D eigenvalue weighted by molar-refractivity contribution is 6.31. The van der Waals surface area contributed by atoms with Crippen molar-refractivity contribution >= 4 is 17.5 Å². The Morgan fingerprint density at radius 2 is 2.29 bits per heavy atom. The highest BCUT2D eigenvalue weighted by Crippen LogP contribution is 2.25. The van der Waals surface area contributed by atoms with Crippen LogP contribution in [0.3, 0.4) is 0 Å².